The first-order valence-electron chi connectivity index (χ1n) is 12.2. The number of para-hydroxylation sites is 1. The van der Waals surface area contributed by atoms with Crippen molar-refractivity contribution in [1.29, 1.82) is 0 Å². The SMILES string of the molecule is COC(=O)c1ccc(C2CC(CNC(C)c3cccc4ccccc34)Oc3ccccc32)c(C)c1. The van der Waals surface area contributed by atoms with E-state index in [0.29, 0.717) is 5.56 Å². The van der Waals surface area contributed by atoms with Gasteiger partial charge in [0.15, 0.2) is 0 Å². The summed E-state index contributed by atoms with van der Waals surface area (Å²) in [6.07, 6.45) is 0.900. The van der Waals surface area contributed by atoms with Gasteiger partial charge in [0.2, 0.25) is 0 Å². The molecule has 0 radical (unpaired) electrons. The summed E-state index contributed by atoms with van der Waals surface area (Å²) in [5.74, 6) is 0.827. The molecule has 3 unspecified atom stereocenters. The fraction of sp³-hybridized carbons (Fsp3) is 0.258. The van der Waals surface area contributed by atoms with E-state index in [0.717, 1.165) is 24.3 Å². The molecular weight excluding hydrogens is 434 g/mol. The van der Waals surface area contributed by atoms with Crippen LogP contribution >= 0.6 is 0 Å². The van der Waals surface area contributed by atoms with Gasteiger partial charge in [-0.1, -0.05) is 66.7 Å². The van der Waals surface area contributed by atoms with Crippen molar-refractivity contribution in [3.05, 3.63) is 113 Å². The van der Waals surface area contributed by atoms with E-state index in [1.54, 1.807) is 0 Å². The molecule has 3 atom stereocenters. The maximum atomic E-state index is 12.0. The quantitative estimate of drug-likeness (QED) is 0.327. The molecule has 0 saturated carbocycles. The van der Waals surface area contributed by atoms with Crippen LogP contribution in [0, 0.1) is 6.92 Å². The smallest absolute Gasteiger partial charge is 0.337 e. The van der Waals surface area contributed by atoms with Crippen LogP contribution < -0.4 is 10.1 Å². The number of methoxy groups -OCH3 is 1. The molecule has 178 valence electrons. The second-order valence-corrected chi connectivity index (χ2v) is 9.33. The minimum Gasteiger partial charge on any atom is -0.489 e. The molecule has 1 N–H and O–H groups in total. The van der Waals surface area contributed by atoms with Gasteiger partial charge in [-0.3, -0.25) is 0 Å². The zero-order valence-corrected chi connectivity index (χ0v) is 20.5. The highest BCUT2D eigenvalue weighted by Crippen LogP contribution is 2.41. The van der Waals surface area contributed by atoms with Crippen molar-refractivity contribution in [2.45, 2.75) is 38.3 Å². The Bertz CT molecular complexity index is 1360. The summed E-state index contributed by atoms with van der Waals surface area (Å²) < 4.78 is 11.3. The summed E-state index contributed by atoms with van der Waals surface area (Å²) in [6.45, 7) is 5.02. The van der Waals surface area contributed by atoms with E-state index in [9.17, 15) is 4.79 Å². The number of carbonyl (C=O) groups is 1. The third-order valence-electron chi connectivity index (χ3n) is 7.09. The zero-order valence-electron chi connectivity index (χ0n) is 20.5. The van der Waals surface area contributed by atoms with Gasteiger partial charge in [-0.2, -0.15) is 0 Å². The molecule has 5 rings (SSSR count). The highest BCUT2D eigenvalue weighted by Gasteiger charge is 2.30. The first-order valence-corrected chi connectivity index (χ1v) is 12.2. The summed E-state index contributed by atoms with van der Waals surface area (Å²) >= 11 is 0. The molecule has 0 amide bonds. The van der Waals surface area contributed by atoms with Crippen LogP contribution in [0.15, 0.2) is 84.9 Å². The summed E-state index contributed by atoms with van der Waals surface area (Å²) in [4.78, 5) is 12.0. The summed E-state index contributed by atoms with van der Waals surface area (Å²) in [5, 5.41) is 6.26. The minimum absolute atomic E-state index is 0.0343. The Labute approximate surface area is 206 Å². The Balaban J connectivity index is 1.38. The number of aryl methyl sites for hydroxylation is 1. The fourth-order valence-corrected chi connectivity index (χ4v) is 5.27. The normalized spacial score (nSPS) is 17.9. The van der Waals surface area contributed by atoms with E-state index < -0.39 is 0 Å². The summed E-state index contributed by atoms with van der Waals surface area (Å²) in [5.41, 5.74) is 5.38. The van der Waals surface area contributed by atoms with Gasteiger partial charge < -0.3 is 14.8 Å². The molecule has 4 heteroatoms. The van der Waals surface area contributed by atoms with Gasteiger partial charge >= 0.3 is 5.97 Å². The molecule has 35 heavy (non-hydrogen) atoms. The van der Waals surface area contributed by atoms with Crippen molar-refractivity contribution in [3.63, 3.8) is 0 Å². The molecule has 0 aliphatic carbocycles. The topological polar surface area (TPSA) is 47.6 Å². The summed E-state index contributed by atoms with van der Waals surface area (Å²) in [6, 6.07) is 29.4. The van der Waals surface area contributed by atoms with E-state index in [2.05, 4.69) is 85.9 Å². The van der Waals surface area contributed by atoms with Gasteiger partial charge in [-0.15, -0.1) is 0 Å². The number of benzene rings is 4. The lowest BCUT2D eigenvalue weighted by Crippen LogP contribution is -2.37. The molecule has 0 saturated heterocycles. The maximum absolute atomic E-state index is 12.0. The fourth-order valence-electron chi connectivity index (χ4n) is 5.27. The Hall–Kier alpha value is -3.63. The maximum Gasteiger partial charge on any atom is 0.337 e. The molecule has 1 aliphatic heterocycles. The van der Waals surface area contributed by atoms with Crippen molar-refractivity contribution in [1.82, 2.24) is 5.32 Å². The molecule has 4 nitrogen and oxygen atoms in total. The van der Waals surface area contributed by atoms with Gasteiger partial charge in [0, 0.05) is 24.1 Å². The molecule has 0 fully saturated rings. The van der Waals surface area contributed by atoms with E-state index in [-0.39, 0.29) is 24.0 Å². The average Bonchev–Trinajstić information content (AvgIpc) is 2.90. The molecule has 0 aromatic heterocycles. The van der Waals surface area contributed by atoms with Crippen LogP contribution in [0.3, 0.4) is 0 Å². The van der Waals surface area contributed by atoms with Gasteiger partial charge in [0.25, 0.3) is 0 Å². The lowest BCUT2D eigenvalue weighted by Gasteiger charge is -2.34. The van der Waals surface area contributed by atoms with Crippen LogP contribution in [0.5, 0.6) is 5.75 Å². The van der Waals surface area contributed by atoms with Gasteiger partial charge in [-0.25, -0.2) is 4.79 Å². The van der Waals surface area contributed by atoms with Crippen LogP contribution in [-0.2, 0) is 4.74 Å². The van der Waals surface area contributed by atoms with Gasteiger partial charge in [0.1, 0.15) is 11.9 Å². The number of esters is 1. The van der Waals surface area contributed by atoms with Gasteiger partial charge in [0.05, 0.1) is 12.7 Å². The number of hydrogen-bond donors (Lipinski definition) is 1. The van der Waals surface area contributed by atoms with Crippen LogP contribution in [0.1, 0.15) is 57.9 Å². The Kier molecular flexibility index (Phi) is 6.56. The van der Waals surface area contributed by atoms with E-state index in [1.165, 1.54) is 34.6 Å². The number of ether oxygens (including phenoxy) is 2. The highest BCUT2D eigenvalue weighted by atomic mass is 16.5. The lowest BCUT2D eigenvalue weighted by molar-refractivity contribution is 0.0600. The van der Waals surface area contributed by atoms with Crippen molar-refractivity contribution < 1.29 is 14.3 Å². The highest BCUT2D eigenvalue weighted by molar-refractivity contribution is 5.89. The predicted octanol–water partition coefficient (Wildman–Crippen LogP) is 6.57. The molecule has 0 bridgehead atoms. The number of carbonyl (C=O) groups excluding carboxylic acids is 1. The van der Waals surface area contributed by atoms with E-state index in [1.807, 2.05) is 18.2 Å². The Morgan fingerprint density at radius 1 is 1.00 bits per heavy atom. The molecule has 0 spiro atoms. The molecule has 4 aromatic carbocycles. The van der Waals surface area contributed by atoms with Crippen molar-refractivity contribution in [2.75, 3.05) is 13.7 Å². The minimum atomic E-state index is -0.309. The van der Waals surface area contributed by atoms with Crippen LogP contribution in [0.25, 0.3) is 10.8 Å². The second kappa shape index (κ2) is 9.93. The summed E-state index contributed by atoms with van der Waals surface area (Å²) in [7, 11) is 1.41. The number of nitrogens with one attached hydrogen (secondary N) is 1. The number of hydrogen-bond acceptors (Lipinski definition) is 4. The molecular formula is C31H31NO3. The van der Waals surface area contributed by atoms with Gasteiger partial charge in [-0.05, 0) is 65.9 Å². The largest absolute Gasteiger partial charge is 0.489 e. The zero-order chi connectivity index (χ0) is 24.4. The van der Waals surface area contributed by atoms with E-state index >= 15 is 0 Å². The standard InChI is InChI=1S/C31H31NO3/c1-20-17-23(31(33)34-3)15-16-25(20)29-18-24(35-30-14-7-6-12-28(29)30)19-32-21(2)26-13-8-10-22-9-4-5-11-27(22)26/h4-17,21,24,29,32H,18-19H2,1-3H3. The first-order chi connectivity index (χ1) is 17.0. The second-order valence-electron chi connectivity index (χ2n) is 9.33. The van der Waals surface area contributed by atoms with Crippen LogP contribution in [0.4, 0.5) is 0 Å². The van der Waals surface area contributed by atoms with Crippen LogP contribution in [0.2, 0.25) is 0 Å². The lowest BCUT2D eigenvalue weighted by atomic mass is 9.82. The van der Waals surface area contributed by atoms with Crippen molar-refractivity contribution >= 4 is 16.7 Å². The molecule has 1 aliphatic rings. The number of fused-ring (bicyclic) bond motifs is 2. The van der Waals surface area contributed by atoms with Crippen LogP contribution in [-0.4, -0.2) is 25.7 Å². The van der Waals surface area contributed by atoms with Crippen molar-refractivity contribution in [2.24, 2.45) is 0 Å². The van der Waals surface area contributed by atoms with Crippen molar-refractivity contribution in [3.8, 4) is 5.75 Å². The predicted molar refractivity (Wildman–Crippen MR) is 140 cm³/mol. The first kappa shape index (κ1) is 23.1. The molecule has 4 aromatic rings. The third kappa shape index (κ3) is 4.67. The Morgan fingerprint density at radius 2 is 1.77 bits per heavy atom. The average molecular weight is 466 g/mol. The monoisotopic (exact) mass is 465 g/mol. The number of rotatable bonds is 6. The van der Waals surface area contributed by atoms with E-state index in [4.69, 9.17) is 9.47 Å². The Morgan fingerprint density at radius 3 is 2.60 bits per heavy atom. The molecule has 1 heterocycles. The third-order valence-corrected chi connectivity index (χ3v) is 7.09.